The number of rotatable bonds is 18. The number of sulfone groups is 1. The summed E-state index contributed by atoms with van der Waals surface area (Å²) in [5.74, 6) is -2.17. The van der Waals surface area contributed by atoms with Crippen molar-refractivity contribution >= 4 is 27.6 Å². The molecule has 1 heterocycles. The normalized spacial score (nSPS) is 20.9. The number of aliphatic hydroxyl groups is 2. The maximum Gasteiger partial charge on any atom is 0.243 e. The number of unbranched alkanes of at least 4 members (excludes halogenated alkanes) is 1. The third-order valence-corrected chi connectivity index (χ3v) is 13.3. The van der Waals surface area contributed by atoms with Gasteiger partial charge in [-0.2, -0.15) is 0 Å². The van der Waals surface area contributed by atoms with Crippen LogP contribution in [0, 0.1) is 11.8 Å². The van der Waals surface area contributed by atoms with Crippen molar-refractivity contribution in [2.45, 2.75) is 133 Å². The van der Waals surface area contributed by atoms with Crippen molar-refractivity contribution < 1.29 is 37.8 Å². The summed E-state index contributed by atoms with van der Waals surface area (Å²) in [6.07, 6.45) is 7.36. The lowest BCUT2D eigenvalue weighted by atomic mass is 9.82. The molecule has 5 atom stereocenters. The number of carbonyl (C=O) groups excluding carboxylic acids is 3. The van der Waals surface area contributed by atoms with E-state index in [-0.39, 0.29) is 12.3 Å². The Kier molecular flexibility index (Phi) is 14.5. The molecule has 0 aromatic heterocycles. The van der Waals surface area contributed by atoms with E-state index < -0.39 is 68.3 Å². The van der Waals surface area contributed by atoms with Crippen molar-refractivity contribution in [2.24, 2.45) is 11.8 Å². The maximum absolute atomic E-state index is 13.9. The van der Waals surface area contributed by atoms with Gasteiger partial charge in [-0.15, -0.1) is 0 Å². The molecule has 4 N–H and O–H groups in total. The number of nitrogens with one attached hydrogen (secondary N) is 2. The largest absolute Gasteiger partial charge is 0.390 e. The standard InChI is InChI=1S/C37H59N3O8S/c1-4-5-16-30(35(44)39-31(23-26-12-8-6-9-13-26)34(43)33(42)28-17-18-28)38-32(41)24-29(27-14-10-7-11-15-27)25-49(46,47)37(2,3)36(45)40-19-21-48-22-20-40/h7,10-11,14-15,26,28-31,33-34,42-43H,4-6,8-9,12-13,16-25H2,1-3H3,(H,38,41)(H,39,44). The summed E-state index contributed by atoms with van der Waals surface area (Å²) in [4.78, 5) is 42.4. The van der Waals surface area contributed by atoms with Gasteiger partial charge in [-0.05, 0) is 56.9 Å². The van der Waals surface area contributed by atoms with E-state index in [0.29, 0.717) is 57.0 Å². The number of amides is 3. The highest BCUT2D eigenvalue weighted by molar-refractivity contribution is 7.93. The molecule has 2 aliphatic carbocycles. The van der Waals surface area contributed by atoms with Crippen molar-refractivity contribution in [3.63, 3.8) is 0 Å². The van der Waals surface area contributed by atoms with Crippen molar-refractivity contribution in [1.29, 1.82) is 0 Å². The SMILES string of the molecule is CCCCC(NC(=O)CC(CS(=O)(=O)C(C)(C)C(=O)N1CCOCC1)c1ccccc1)C(=O)NC(CC1CCCCC1)C(O)C(O)C1CC1. The summed E-state index contributed by atoms with van der Waals surface area (Å²) in [6, 6.07) is 7.39. The third-order valence-electron chi connectivity index (χ3n) is 10.7. The fourth-order valence-corrected chi connectivity index (χ4v) is 8.86. The van der Waals surface area contributed by atoms with Crippen LogP contribution in [0.4, 0.5) is 0 Å². The first-order chi connectivity index (χ1) is 23.3. The molecule has 12 heteroatoms. The molecule has 3 aliphatic rings. The number of carbonyl (C=O) groups is 3. The molecule has 3 fully saturated rings. The molecule has 5 unspecified atom stereocenters. The van der Waals surface area contributed by atoms with Gasteiger partial charge < -0.3 is 30.5 Å². The van der Waals surface area contributed by atoms with Crippen molar-refractivity contribution in [1.82, 2.24) is 15.5 Å². The Morgan fingerprint density at radius 3 is 2.24 bits per heavy atom. The summed E-state index contributed by atoms with van der Waals surface area (Å²) in [6.45, 7) is 6.18. The predicted octanol–water partition coefficient (Wildman–Crippen LogP) is 3.47. The molecule has 2 saturated carbocycles. The molecule has 0 bridgehead atoms. The Labute approximate surface area is 292 Å². The first-order valence-electron chi connectivity index (χ1n) is 18.4. The first kappa shape index (κ1) is 39.2. The quantitative estimate of drug-likeness (QED) is 0.181. The molecule has 0 spiro atoms. The first-order valence-corrected chi connectivity index (χ1v) is 20.1. The van der Waals surface area contributed by atoms with Crippen LogP contribution in [-0.4, -0.2) is 102 Å². The Morgan fingerprint density at radius 2 is 1.63 bits per heavy atom. The average molecular weight is 706 g/mol. The number of benzene rings is 1. The van der Waals surface area contributed by atoms with Crippen LogP contribution >= 0.6 is 0 Å². The number of ether oxygens (including phenoxy) is 1. The molecule has 0 radical (unpaired) electrons. The van der Waals surface area contributed by atoms with E-state index in [1.54, 1.807) is 24.3 Å². The van der Waals surface area contributed by atoms with Crippen LogP contribution in [0.15, 0.2) is 30.3 Å². The van der Waals surface area contributed by atoms with Crippen LogP contribution in [0.3, 0.4) is 0 Å². The second-order valence-corrected chi connectivity index (χ2v) is 17.5. The third kappa shape index (κ3) is 11.0. The Balaban J connectivity index is 1.48. The van der Waals surface area contributed by atoms with Gasteiger partial charge in [0, 0.05) is 25.4 Å². The number of morpholine rings is 1. The smallest absolute Gasteiger partial charge is 0.243 e. The molecule has 49 heavy (non-hydrogen) atoms. The molecular formula is C37H59N3O8S. The van der Waals surface area contributed by atoms with Crippen LogP contribution in [0.5, 0.6) is 0 Å². The fourth-order valence-electron chi connectivity index (χ4n) is 7.21. The van der Waals surface area contributed by atoms with Crippen LogP contribution < -0.4 is 10.6 Å². The molecule has 3 amide bonds. The highest BCUT2D eigenvalue weighted by Crippen LogP contribution is 2.36. The van der Waals surface area contributed by atoms with Gasteiger partial charge in [-0.25, -0.2) is 8.42 Å². The molecule has 11 nitrogen and oxygen atoms in total. The molecular weight excluding hydrogens is 646 g/mol. The molecule has 1 aromatic rings. The van der Waals surface area contributed by atoms with Crippen LogP contribution in [0.1, 0.15) is 109 Å². The highest BCUT2D eigenvalue weighted by atomic mass is 32.2. The minimum atomic E-state index is -4.05. The molecule has 4 rings (SSSR count). The van der Waals surface area contributed by atoms with Gasteiger partial charge in [0.05, 0.1) is 31.1 Å². The zero-order valence-corrected chi connectivity index (χ0v) is 30.5. The monoisotopic (exact) mass is 705 g/mol. The minimum absolute atomic E-state index is 0.0386. The summed E-state index contributed by atoms with van der Waals surface area (Å²) >= 11 is 0. The van der Waals surface area contributed by atoms with E-state index in [1.807, 2.05) is 13.0 Å². The van der Waals surface area contributed by atoms with Gasteiger partial charge in [0.15, 0.2) is 9.84 Å². The molecule has 1 aliphatic heterocycles. The second kappa shape index (κ2) is 18.1. The van der Waals surface area contributed by atoms with E-state index in [1.165, 1.54) is 25.2 Å². The van der Waals surface area contributed by atoms with Gasteiger partial charge in [-0.3, -0.25) is 14.4 Å². The van der Waals surface area contributed by atoms with E-state index in [2.05, 4.69) is 10.6 Å². The van der Waals surface area contributed by atoms with E-state index in [4.69, 9.17) is 4.74 Å². The summed E-state index contributed by atoms with van der Waals surface area (Å²) < 4.78 is 31.4. The lowest BCUT2D eigenvalue weighted by molar-refractivity contribution is -0.137. The number of hydrogen-bond acceptors (Lipinski definition) is 8. The van der Waals surface area contributed by atoms with Crippen molar-refractivity contribution in [3.05, 3.63) is 35.9 Å². The van der Waals surface area contributed by atoms with E-state index in [9.17, 15) is 33.0 Å². The number of aliphatic hydroxyl groups excluding tert-OH is 2. The Bertz CT molecular complexity index is 1320. The second-order valence-electron chi connectivity index (χ2n) is 14.9. The molecule has 1 saturated heterocycles. The number of nitrogens with zero attached hydrogens (tertiary/aromatic N) is 1. The Hall–Kier alpha value is -2.54. The van der Waals surface area contributed by atoms with E-state index in [0.717, 1.165) is 44.9 Å². The van der Waals surface area contributed by atoms with Gasteiger partial charge in [0.1, 0.15) is 16.9 Å². The molecule has 1 aromatic carbocycles. The zero-order chi connectivity index (χ0) is 35.6. The summed E-state index contributed by atoms with van der Waals surface area (Å²) in [5.41, 5.74) is 0.648. The minimum Gasteiger partial charge on any atom is -0.390 e. The van der Waals surface area contributed by atoms with Gasteiger partial charge >= 0.3 is 0 Å². The highest BCUT2D eigenvalue weighted by Gasteiger charge is 2.46. The van der Waals surface area contributed by atoms with Crippen LogP contribution in [0.25, 0.3) is 0 Å². The van der Waals surface area contributed by atoms with Gasteiger partial charge in [0.25, 0.3) is 0 Å². The maximum atomic E-state index is 13.9. The predicted molar refractivity (Wildman–Crippen MR) is 188 cm³/mol. The van der Waals surface area contributed by atoms with Crippen molar-refractivity contribution in [2.75, 3.05) is 32.1 Å². The fraction of sp³-hybridized carbons (Fsp3) is 0.757. The van der Waals surface area contributed by atoms with Gasteiger partial charge in [-0.1, -0.05) is 82.2 Å². The topological polar surface area (TPSA) is 162 Å². The van der Waals surface area contributed by atoms with Crippen LogP contribution in [0.2, 0.25) is 0 Å². The molecule has 276 valence electrons. The number of hydrogen-bond donors (Lipinski definition) is 4. The van der Waals surface area contributed by atoms with E-state index >= 15 is 0 Å². The Morgan fingerprint density at radius 1 is 0.980 bits per heavy atom. The zero-order valence-electron chi connectivity index (χ0n) is 29.6. The lowest BCUT2D eigenvalue weighted by Gasteiger charge is -2.34. The lowest BCUT2D eigenvalue weighted by Crippen LogP contribution is -2.55. The van der Waals surface area contributed by atoms with Crippen molar-refractivity contribution in [3.8, 4) is 0 Å². The van der Waals surface area contributed by atoms with Gasteiger partial charge in [0.2, 0.25) is 17.7 Å². The summed E-state index contributed by atoms with van der Waals surface area (Å²) in [5, 5.41) is 27.9. The van der Waals surface area contributed by atoms with Crippen LogP contribution in [-0.2, 0) is 29.0 Å². The summed E-state index contributed by atoms with van der Waals surface area (Å²) in [7, 11) is -4.05. The average Bonchev–Trinajstić information content (AvgIpc) is 3.95.